The second-order valence-electron chi connectivity index (χ2n) is 9.81. The summed E-state index contributed by atoms with van der Waals surface area (Å²) in [4.78, 5) is 0. The van der Waals surface area contributed by atoms with Gasteiger partial charge in [-0.05, 0) is 73.1 Å². The Hall–Kier alpha value is -1.64. The predicted octanol–water partition coefficient (Wildman–Crippen LogP) is 5.46. The highest BCUT2D eigenvalue weighted by atomic mass is 14.9. The SMILES string of the molecule is CC1(C)[C@@H]2CC[C@@H](CNCCNCCC(c3ccccc3)c3ccccc3)[C@@H]1C2. The fourth-order valence-electron chi connectivity index (χ4n) is 5.94. The van der Waals surface area contributed by atoms with Crippen molar-refractivity contribution in [3.63, 3.8) is 0 Å². The molecule has 2 heteroatoms. The molecule has 29 heavy (non-hydrogen) atoms. The monoisotopic (exact) mass is 390 g/mol. The minimum atomic E-state index is 0.467. The first-order valence-corrected chi connectivity index (χ1v) is 11.7. The average molecular weight is 391 g/mol. The quantitative estimate of drug-likeness (QED) is 0.526. The maximum absolute atomic E-state index is 3.74. The Balaban J connectivity index is 1.17. The van der Waals surface area contributed by atoms with Crippen LogP contribution in [0.15, 0.2) is 60.7 Å². The highest BCUT2D eigenvalue weighted by molar-refractivity contribution is 5.32. The van der Waals surface area contributed by atoms with Gasteiger partial charge >= 0.3 is 0 Å². The van der Waals surface area contributed by atoms with Crippen molar-refractivity contribution >= 4 is 0 Å². The van der Waals surface area contributed by atoms with Gasteiger partial charge in [-0.2, -0.15) is 0 Å². The van der Waals surface area contributed by atoms with Crippen molar-refractivity contribution in [2.75, 3.05) is 26.2 Å². The lowest BCUT2D eigenvalue weighted by molar-refractivity contribution is -0.103. The lowest BCUT2D eigenvalue weighted by atomic mass is 9.45. The molecule has 0 saturated heterocycles. The molecule has 0 spiro atoms. The number of hydrogen-bond donors (Lipinski definition) is 2. The molecule has 2 bridgehead atoms. The summed E-state index contributed by atoms with van der Waals surface area (Å²) in [5.41, 5.74) is 3.43. The summed E-state index contributed by atoms with van der Waals surface area (Å²) < 4.78 is 0. The van der Waals surface area contributed by atoms with Gasteiger partial charge in [-0.3, -0.25) is 0 Å². The number of hydrogen-bond acceptors (Lipinski definition) is 2. The second kappa shape index (κ2) is 9.45. The van der Waals surface area contributed by atoms with Crippen LogP contribution in [0, 0.1) is 23.2 Å². The van der Waals surface area contributed by atoms with Crippen molar-refractivity contribution in [1.82, 2.24) is 10.6 Å². The van der Waals surface area contributed by atoms with Crippen LogP contribution in [0.1, 0.15) is 56.6 Å². The van der Waals surface area contributed by atoms with E-state index in [0.29, 0.717) is 11.3 Å². The predicted molar refractivity (Wildman–Crippen MR) is 123 cm³/mol. The molecule has 156 valence electrons. The molecule has 0 radical (unpaired) electrons. The Labute approximate surface area is 177 Å². The van der Waals surface area contributed by atoms with Crippen LogP contribution in [0.25, 0.3) is 0 Å². The van der Waals surface area contributed by atoms with Crippen molar-refractivity contribution in [3.8, 4) is 0 Å². The highest BCUT2D eigenvalue weighted by Gasteiger charge is 2.53. The van der Waals surface area contributed by atoms with E-state index in [9.17, 15) is 0 Å². The van der Waals surface area contributed by atoms with Gasteiger partial charge < -0.3 is 10.6 Å². The maximum Gasteiger partial charge on any atom is 0.0101 e. The van der Waals surface area contributed by atoms with Crippen molar-refractivity contribution < 1.29 is 0 Å². The molecule has 3 aliphatic carbocycles. The maximum atomic E-state index is 3.74. The Morgan fingerprint density at radius 2 is 1.45 bits per heavy atom. The molecule has 0 heterocycles. The summed E-state index contributed by atoms with van der Waals surface area (Å²) in [6.07, 6.45) is 5.51. The van der Waals surface area contributed by atoms with Crippen LogP contribution in [0.5, 0.6) is 0 Å². The zero-order valence-electron chi connectivity index (χ0n) is 18.2. The molecule has 3 aliphatic rings. The van der Waals surface area contributed by atoms with Crippen molar-refractivity contribution in [3.05, 3.63) is 71.8 Å². The molecule has 2 nitrogen and oxygen atoms in total. The third-order valence-electron chi connectivity index (χ3n) is 7.90. The Morgan fingerprint density at radius 1 is 0.828 bits per heavy atom. The summed E-state index contributed by atoms with van der Waals surface area (Å²) in [6, 6.07) is 21.9. The second-order valence-corrected chi connectivity index (χ2v) is 9.81. The highest BCUT2D eigenvalue weighted by Crippen LogP contribution is 2.61. The Bertz CT molecular complexity index is 698. The van der Waals surface area contributed by atoms with Crippen molar-refractivity contribution in [1.29, 1.82) is 0 Å². The molecule has 3 fully saturated rings. The van der Waals surface area contributed by atoms with E-state index in [-0.39, 0.29) is 0 Å². The van der Waals surface area contributed by atoms with E-state index in [1.54, 1.807) is 0 Å². The van der Waals surface area contributed by atoms with Crippen molar-refractivity contribution in [2.24, 2.45) is 23.2 Å². The summed E-state index contributed by atoms with van der Waals surface area (Å²) in [5, 5.41) is 7.40. The molecule has 0 amide bonds. The molecule has 2 N–H and O–H groups in total. The molecule has 0 aromatic heterocycles. The van der Waals surface area contributed by atoms with Crippen LogP contribution in [-0.4, -0.2) is 26.2 Å². The van der Waals surface area contributed by atoms with E-state index in [1.807, 2.05) is 0 Å². The topological polar surface area (TPSA) is 24.1 Å². The van der Waals surface area contributed by atoms with Crippen molar-refractivity contribution in [2.45, 2.75) is 45.4 Å². The first-order valence-electron chi connectivity index (χ1n) is 11.7. The zero-order chi connectivity index (χ0) is 20.1. The molecule has 0 aliphatic heterocycles. The van der Waals surface area contributed by atoms with Gasteiger partial charge in [-0.1, -0.05) is 74.5 Å². The van der Waals surface area contributed by atoms with Gasteiger partial charge in [0.25, 0.3) is 0 Å². The zero-order valence-corrected chi connectivity index (χ0v) is 18.2. The third kappa shape index (κ3) is 4.75. The molecular weight excluding hydrogens is 352 g/mol. The smallest absolute Gasteiger partial charge is 0.0101 e. The van der Waals surface area contributed by atoms with Gasteiger partial charge in [0.15, 0.2) is 0 Å². The Kier molecular flexibility index (Phi) is 6.72. The van der Waals surface area contributed by atoms with E-state index < -0.39 is 0 Å². The summed E-state index contributed by atoms with van der Waals surface area (Å²) >= 11 is 0. The molecule has 3 atom stereocenters. The minimum Gasteiger partial charge on any atom is -0.315 e. The van der Waals surface area contributed by atoms with Crippen LogP contribution < -0.4 is 10.6 Å². The summed E-state index contributed by atoms with van der Waals surface area (Å²) in [6.45, 7) is 9.38. The van der Waals surface area contributed by atoms with Crippen LogP contribution in [0.2, 0.25) is 0 Å². The summed E-state index contributed by atoms with van der Waals surface area (Å²) in [7, 11) is 0. The van der Waals surface area contributed by atoms with E-state index in [2.05, 4.69) is 85.1 Å². The van der Waals surface area contributed by atoms with Crippen LogP contribution in [0.4, 0.5) is 0 Å². The Morgan fingerprint density at radius 3 is 2.03 bits per heavy atom. The van der Waals surface area contributed by atoms with E-state index in [4.69, 9.17) is 0 Å². The standard InChI is InChI=1S/C27H38N2/c1-27(2)24-14-13-23(26(27)19-24)20-29-18-17-28-16-15-25(21-9-5-3-6-10-21)22-11-7-4-8-12-22/h3-12,23-26,28-29H,13-20H2,1-2H3/t23-,24+,26-/m0/s1. The van der Waals surface area contributed by atoms with E-state index >= 15 is 0 Å². The molecular formula is C27H38N2. The van der Waals surface area contributed by atoms with Gasteiger partial charge in [0.1, 0.15) is 0 Å². The van der Waals surface area contributed by atoms with Gasteiger partial charge in [0, 0.05) is 19.0 Å². The average Bonchev–Trinajstić information content (AvgIpc) is 2.77. The molecule has 3 saturated carbocycles. The number of nitrogens with one attached hydrogen (secondary N) is 2. The van der Waals surface area contributed by atoms with Crippen LogP contribution in [-0.2, 0) is 0 Å². The molecule has 5 rings (SSSR count). The van der Waals surface area contributed by atoms with Gasteiger partial charge in [0.05, 0.1) is 0 Å². The van der Waals surface area contributed by atoms with Crippen LogP contribution >= 0.6 is 0 Å². The third-order valence-corrected chi connectivity index (χ3v) is 7.90. The fraction of sp³-hybridized carbons (Fsp3) is 0.556. The number of benzene rings is 2. The molecule has 2 aromatic carbocycles. The number of rotatable bonds is 10. The minimum absolute atomic E-state index is 0.467. The molecule has 0 unspecified atom stereocenters. The first-order chi connectivity index (χ1) is 14.2. The lowest BCUT2D eigenvalue weighted by Gasteiger charge is -2.60. The van der Waals surface area contributed by atoms with E-state index in [0.717, 1.165) is 43.8 Å². The summed E-state index contributed by atoms with van der Waals surface area (Å²) in [5.74, 6) is 3.33. The number of fused-ring (bicyclic) bond motifs is 2. The van der Waals surface area contributed by atoms with Gasteiger partial charge in [0.2, 0.25) is 0 Å². The fourth-order valence-corrected chi connectivity index (χ4v) is 5.94. The van der Waals surface area contributed by atoms with Gasteiger partial charge in [-0.25, -0.2) is 0 Å². The normalized spacial score (nSPS) is 25.0. The lowest BCUT2D eigenvalue weighted by Crippen LogP contribution is -2.54. The van der Waals surface area contributed by atoms with Gasteiger partial charge in [-0.15, -0.1) is 0 Å². The molecule has 2 aromatic rings. The first kappa shape index (κ1) is 20.6. The van der Waals surface area contributed by atoms with E-state index in [1.165, 1.54) is 36.9 Å². The van der Waals surface area contributed by atoms with Crippen LogP contribution in [0.3, 0.4) is 0 Å². The largest absolute Gasteiger partial charge is 0.315 e.